The van der Waals surface area contributed by atoms with E-state index >= 15 is 0 Å². The molecule has 4 nitrogen and oxygen atoms in total. The standard InChI is InChI=1S/C14H17FN2O2/c15-11-7-5-10(6-8-11)14(19)16-9-12-3-1-2-4-13(18)17-12/h5-8,12H,1-4,9H2,(H,16,19)(H,17,18). The molecule has 2 rings (SSSR count). The lowest BCUT2D eigenvalue weighted by atomic mass is 10.1. The highest BCUT2D eigenvalue weighted by Gasteiger charge is 2.17. The summed E-state index contributed by atoms with van der Waals surface area (Å²) < 4.78 is 12.7. The smallest absolute Gasteiger partial charge is 0.251 e. The second-order valence-electron chi connectivity index (χ2n) is 4.73. The summed E-state index contributed by atoms with van der Waals surface area (Å²) in [6.45, 7) is 0.405. The van der Waals surface area contributed by atoms with E-state index in [0.717, 1.165) is 19.3 Å². The summed E-state index contributed by atoms with van der Waals surface area (Å²) in [4.78, 5) is 23.2. The van der Waals surface area contributed by atoms with Gasteiger partial charge in [-0.2, -0.15) is 0 Å². The number of benzene rings is 1. The first-order chi connectivity index (χ1) is 9.15. The minimum absolute atomic E-state index is 0.0144. The van der Waals surface area contributed by atoms with Gasteiger partial charge in [-0.05, 0) is 37.1 Å². The molecular formula is C14H17FN2O2. The molecule has 0 bridgehead atoms. The molecular weight excluding hydrogens is 247 g/mol. The molecule has 1 aliphatic rings. The second-order valence-corrected chi connectivity index (χ2v) is 4.73. The Labute approximate surface area is 111 Å². The Bertz CT molecular complexity index is 459. The largest absolute Gasteiger partial charge is 0.352 e. The topological polar surface area (TPSA) is 58.2 Å². The number of carbonyl (C=O) groups is 2. The zero-order chi connectivity index (χ0) is 13.7. The van der Waals surface area contributed by atoms with Crippen molar-refractivity contribution in [2.75, 3.05) is 6.54 Å². The molecule has 19 heavy (non-hydrogen) atoms. The van der Waals surface area contributed by atoms with Crippen molar-refractivity contribution in [2.24, 2.45) is 0 Å². The van der Waals surface area contributed by atoms with E-state index in [1.807, 2.05) is 0 Å². The van der Waals surface area contributed by atoms with E-state index in [0.29, 0.717) is 18.5 Å². The lowest BCUT2D eigenvalue weighted by Crippen LogP contribution is -2.42. The summed E-state index contributed by atoms with van der Waals surface area (Å²) in [6, 6.07) is 5.37. The zero-order valence-corrected chi connectivity index (χ0v) is 10.6. The Morgan fingerprint density at radius 2 is 2.05 bits per heavy atom. The Kier molecular flexibility index (Phi) is 4.49. The van der Waals surface area contributed by atoms with Gasteiger partial charge in [0.05, 0.1) is 0 Å². The number of halogens is 1. The van der Waals surface area contributed by atoms with E-state index in [2.05, 4.69) is 10.6 Å². The van der Waals surface area contributed by atoms with E-state index in [4.69, 9.17) is 0 Å². The van der Waals surface area contributed by atoms with Crippen molar-refractivity contribution in [3.05, 3.63) is 35.6 Å². The summed E-state index contributed by atoms with van der Waals surface area (Å²) in [5, 5.41) is 5.64. The minimum atomic E-state index is -0.368. The maximum atomic E-state index is 12.7. The van der Waals surface area contributed by atoms with Gasteiger partial charge in [0.25, 0.3) is 5.91 Å². The van der Waals surface area contributed by atoms with E-state index in [1.54, 1.807) is 0 Å². The van der Waals surface area contributed by atoms with Crippen molar-refractivity contribution in [1.82, 2.24) is 10.6 Å². The third kappa shape index (κ3) is 4.05. The van der Waals surface area contributed by atoms with Gasteiger partial charge in [-0.15, -0.1) is 0 Å². The number of amides is 2. The monoisotopic (exact) mass is 264 g/mol. The molecule has 1 fully saturated rings. The molecule has 1 aliphatic heterocycles. The highest BCUT2D eigenvalue weighted by Crippen LogP contribution is 2.09. The number of hydrogen-bond donors (Lipinski definition) is 2. The maximum Gasteiger partial charge on any atom is 0.251 e. The van der Waals surface area contributed by atoms with Crippen LogP contribution in [0.1, 0.15) is 36.0 Å². The average Bonchev–Trinajstić information content (AvgIpc) is 2.61. The van der Waals surface area contributed by atoms with E-state index in [9.17, 15) is 14.0 Å². The summed E-state index contributed by atoms with van der Waals surface area (Å²) >= 11 is 0. The van der Waals surface area contributed by atoms with Crippen molar-refractivity contribution in [3.8, 4) is 0 Å². The fourth-order valence-corrected chi connectivity index (χ4v) is 2.12. The van der Waals surface area contributed by atoms with Crippen LogP contribution in [0, 0.1) is 5.82 Å². The number of nitrogens with one attached hydrogen (secondary N) is 2. The number of hydrogen-bond acceptors (Lipinski definition) is 2. The van der Waals surface area contributed by atoms with Gasteiger partial charge < -0.3 is 10.6 Å². The van der Waals surface area contributed by atoms with Gasteiger partial charge in [0.15, 0.2) is 0 Å². The third-order valence-corrected chi connectivity index (χ3v) is 3.19. The minimum Gasteiger partial charge on any atom is -0.352 e. The maximum absolute atomic E-state index is 12.7. The molecule has 0 aromatic heterocycles. The molecule has 1 atom stereocenters. The first-order valence-corrected chi connectivity index (χ1v) is 6.48. The SMILES string of the molecule is O=C1CCCCC(CNC(=O)c2ccc(F)cc2)N1. The van der Waals surface area contributed by atoms with Crippen LogP contribution in [0.3, 0.4) is 0 Å². The molecule has 2 N–H and O–H groups in total. The molecule has 5 heteroatoms. The average molecular weight is 264 g/mol. The Morgan fingerprint density at radius 1 is 1.32 bits per heavy atom. The second kappa shape index (κ2) is 6.31. The van der Waals surface area contributed by atoms with Crippen molar-refractivity contribution in [3.63, 3.8) is 0 Å². The third-order valence-electron chi connectivity index (χ3n) is 3.19. The summed E-state index contributed by atoms with van der Waals surface area (Å²) in [5.41, 5.74) is 0.418. The van der Waals surface area contributed by atoms with E-state index < -0.39 is 0 Å². The molecule has 1 aromatic carbocycles. The van der Waals surface area contributed by atoms with Crippen LogP contribution in [0.2, 0.25) is 0 Å². The Morgan fingerprint density at radius 3 is 2.79 bits per heavy atom. The van der Waals surface area contributed by atoms with Crippen molar-refractivity contribution >= 4 is 11.8 Å². The van der Waals surface area contributed by atoms with Crippen LogP contribution in [-0.2, 0) is 4.79 Å². The fourth-order valence-electron chi connectivity index (χ4n) is 2.12. The first-order valence-electron chi connectivity index (χ1n) is 6.48. The molecule has 1 aromatic rings. The van der Waals surface area contributed by atoms with Crippen LogP contribution in [0.5, 0.6) is 0 Å². The number of rotatable bonds is 3. The van der Waals surface area contributed by atoms with Crippen LogP contribution in [-0.4, -0.2) is 24.4 Å². The molecule has 2 amide bonds. The Hall–Kier alpha value is -1.91. The van der Waals surface area contributed by atoms with Gasteiger partial charge in [-0.25, -0.2) is 4.39 Å². The fraction of sp³-hybridized carbons (Fsp3) is 0.429. The first kappa shape index (κ1) is 13.5. The predicted molar refractivity (Wildman–Crippen MR) is 69.1 cm³/mol. The van der Waals surface area contributed by atoms with E-state index in [1.165, 1.54) is 24.3 Å². The van der Waals surface area contributed by atoms with Gasteiger partial charge >= 0.3 is 0 Å². The lowest BCUT2D eigenvalue weighted by Gasteiger charge is -2.16. The predicted octanol–water partition coefficient (Wildman–Crippen LogP) is 1.61. The highest BCUT2D eigenvalue weighted by atomic mass is 19.1. The van der Waals surface area contributed by atoms with Gasteiger partial charge in [-0.3, -0.25) is 9.59 Å². The highest BCUT2D eigenvalue weighted by molar-refractivity contribution is 5.94. The van der Waals surface area contributed by atoms with Crippen LogP contribution >= 0.6 is 0 Å². The summed E-state index contributed by atoms with van der Waals surface area (Å²) in [5.74, 6) is -0.579. The molecule has 1 unspecified atom stereocenters. The molecule has 1 saturated heterocycles. The van der Waals surface area contributed by atoms with Gasteiger partial charge in [0.1, 0.15) is 5.82 Å². The molecule has 0 spiro atoms. The van der Waals surface area contributed by atoms with Crippen LogP contribution in [0.25, 0.3) is 0 Å². The van der Waals surface area contributed by atoms with Gasteiger partial charge in [0, 0.05) is 24.6 Å². The van der Waals surface area contributed by atoms with E-state index in [-0.39, 0.29) is 23.7 Å². The number of carbonyl (C=O) groups excluding carboxylic acids is 2. The summed E-state index contributed by atoms with van der Waals surface area (Å²) in [7, 11) is 0. The molecule has 102 valence electrons. The van der Waals surface area contributed by atoms with Crippen LogP contribution < -0.4 is 10.6 Å². The van der Waals surface area contributed by atoms with Crippen molar-refractivity contribution in [1.29, 1.82) is 0 Å². The normalized spacial score (nSPS) is 19.4. The lowest BCUT2D eigenvalue weighted by molar-refractivity contribution is -0.121. The van der Waals surface area contributed by atoms with Gasteiger partial charge in [-0.1, -0.05) is 6.42 Å². The molecule has 0 saturated carbocycles. The molecule has 0 aliphatic carbocycles. The van der Waals surface area contributed by atoms with Gasteiger partial charge in [0.2, 0.25) is 5.91 Å². The Balaban J connectivity index is 1.85. The molecule has 0 radical (unpaired) electrons. The van der Waals surface area contributed by atoms with Crippen LogP contribution in [0.4, 0.5) is 4.39 Å². The quantitative estimate of drug-likeness (QED) is 0.871. The molecule has 1 heterocycles. The van der Waals surface area contributed by atoms with Crippen LogP contribution in [0.15, 0.2) is 24.3 Å². The summed E-state index contributed by atoms with van der Waals surface area (Å²) in [6.07, 6.45) is 3.31. The zero-order valence-electron chi connectivity index (χ0n) is 10.6. The van der Waals surface area contributed by atoms with Crippen molar-refractivity contribution < 1.29 is 14.0 Å². The van der Waals surface area contributed by atoms with Crippen molar-refractivity contribution in [2.45, 2.75) is 31.7 Å².